The fraction of sp³-hybridized carbons (Fsp3) is 0.320. The van der Waals surface area contributed by atoms with Crippen LogP contribution in [0.5, 0.6) is 17.2 Å². The molecule has 2 heterocycles. The van der Waals surface area contributed by atoms with E-state index in [9.17, 15) is 9.59 Å². The molecule has 1 N–H and O–H groups in total. The maximum absolute atomic E-state index is 12.9. The molecule has 1 atom stereocenters. The van der Waals surface area contributed by atoms with Crippen molar-refractivity contribution in [3.63, 3.8) is 0 Å². The van der Waals surface area contributed by atoms with Gasteiger partial charge in [0.1, 0.15) is 17.2 Å². The van der Waals surface area contributed by atoms with Crippen molar-refractivity contribution in [3.8, 4) is 17.2 Å². The van der Waals surface area contributed by atoms with Crippen molar-refractivity contribution in [2.45, 2.75) is 26.1 Å². The van der Waals surface area contributed by atoms with Crippen LogP contribution < -0.4 is 14.8 Å². The van der Waals surface area contributed by atoms with Crippen LogP contribution in [-0.4, -0.2) is 53.0 Å². The Balaban J connectivity index is 1.55. The van der Waals surface area contributed by atoms with Crippen molar-refractivity contribution in [2.24, 2.45) is 7.05 Å². The topological polar surface area (TPSA) is 94.9 Å². The molecule has 9 nitrogen and oxygen atoms in total. The average molecular weight is 465 g/mol. The van der Waals surface area contributed by atoms with Gasteiger partial charge in [-0.1, -0.05) is 6.92 Å². The highest BCUT2D eigenvalue weighted by Crippen LogP contribution is 2.29. The first-order valence-electron chi connectivity index (χ1n) is 11.2. The van der Waals surface area contributed by atoms with Crippen molar-refractivity contribution in [1.82, 2.24) is 14.7 Å². The molecule has 0 bridgehead atoms. The fourth-order valence-electron chi connectivity index (χ4n) is 3.45. The number of carbonyl (C=O) groups is 2. The van der Waals surface area contributed by atoms with Crippen LogP contribution in [0.4, 0.5) is 5.82 Å². The third-order valence-electron chi connectivity index (χ3n) is 5.44. The Morgan fingerprint density at radius 2 is 1.76 bits per heavy atom. The lowest BCUT2D eigenvalue weighted by Crippen LogP contribution is -2.41. The van der Waals surface area contributed by atoms with Gasteiger partial charge in [-0.2, -0.15) is 5.10 Å². The Morgan fingerprint density at radius 1 is 1.03 bits per heavy atom. The number of anilines is 1. The van der Waals surface area contributed by atoms with Gasteiger partial charge in [0.25, 0.3) is 11.8 Å². The highest BCUT2D eigenvalue weighted by Gasteiger charge is 2.21. The zero-order chi connectivity index (χ0) is 24.1. The van der Waals surface area contributed by atoms with Crippen molar-refractivity contribution in [1.29, 1.82) is 0 Å². The number of hydrogen-bond donors (Lipinski definition) is 1. The fourth-order valence-corrected chi connectivity index (χ4v) is 3.45. The summed E-state index contributed by atoms with van der Waals surface area (Å²) in [6.07, 6.45) is 2.95. The van der Waals surface area contributed by atoms with E-state index in [0.29, 0.717) is 40.6 Å². The van der Waals surface area contributed by atoms with E-state index in [0.717, 1.165) is 19.5 Å². The highest BCUT2D eigenvalue weighted by molar-refractivity contribution is 6.04. The molecule has 0 radical (unpaired) electrons. The van der Waals surface area contributed by atoms with E-state index >= 15 is 0 Å². The van der Waals surface area contributed by atoms with Gasteiger partial charge >= 0.3 is 0 Å². The van der Waals surface area contributed by atoms with Gasteiger partial charge in [-0.15, -0.1) is 0 Å². The molecule has 1 unspecified atom stereocenters. The van der Waals surface area contributed by atoms with Gasteiger partial charge in [-0.3, -0.25) is 14.3 Å². The monoisotopic (exact) mass is 464 g/mol. The zero-order valence-corrected chi connectivity index (χ0v) is 19.5. The van der Waals surface area contributed by atoms with E-state index in [1.54, 1.807) is 73.6 Å². The maximum atomic E-state index is 12.9. The Hall–Kier alpha value is -3.85. The van der Waals surface area contributed by atoms with Crippen LogP contribution in [0, 0.1) is 0 Å². The number of aryl methyl sites for hydroxylation is 1. The largest absolute Gasteiger partial charge is 0.465 e. The third kappa shape index (κ3) is 5.55. The number of amides is 2. The minimum absolute atomic E-state index is 0.0202. The number of methoxy groups -OCH3 is 1. The molecule has 1 fully saturated rings. The van der Waals surface area contributed by atoms with Gasteiger partial charge in [0.05, 0.1) is 0 Å². The Morgan fingerprint density at radius 3 is 2.35 bits per heavy atom. The first kappa shape index (κ1) is 23.3. The standard InChI is InChI=1S/C25H28N4O5/c1-4-23(32-3)34-21-15-18(24(30)26-22-10-13-28(2)27-22)14-20(16-21)33-19-8-6-17(7-9-19)25(31)29-11-5-12-29/h6-10,13-16,23H,4-5,11-12H2,1-3H3,(H,26,27,30). The lowest BCUT2D eigenvalue weighted by molar-refractivity contribution is -0.0549. The minimum Gasteiger partial charge on any atom is -0.465 e. The van der Waals surface area contributed by atoms with Crippen LogP contribution in [0.3, 0.4) is 0 Å². The van der Waals surface area contributed by atoms with E-state index in [1.165, 1.54) is 0 Å². The Kier molecular flexibility index (Phi) is 7.12. The van der Waals surface area contributed by atoms with Crippen LogP contribution in [0.2, 0.25) is 0 Å². The zero-order valence-electron chi connectivity index (χ0n) is 19.5. The second kappa shape index (κ2) is 10.4. The molecule has 4 rings (SSSR count). The van der Waals surface area contributed by atoms with Crippen molar-refractivity contribution in [3.05, 3.63) is 65.9 Å². The van der Waals surface area contributed by atoms with Crippen molar-refractivity contribution in [2.75, 3.05) is 25.5 Å². The van der Waals surface area contributed by atoms with Crippen LogP contribution in [-0.2, 0) is 11.8 Å². The number of nitrogens with one attached hydrogen (secondary N) is 1. The molecule has 178 valence electrons. The Bertz CT molecular complexity index is 1150. The first-order valence-corrected chi connectivity index (χ1v) is 11.2. The minimum atomic E-state index is -0.464. The molecular weight excluding hydrogens is 436 g/mol. The van der Waals surface area contributed by atoms with Gasteiger partial charge in [0.2, 0.25) is 0 Å². The third-order valence-corrected chi connectivity index (χ3v) is 5.44. The SMILES string of the molecule is CCC(OC)Oc1cc(Oc2ccc(C(=O)N3CCC3)cc2)cc(C(=O)Nc2ccn(C)n2)c1. The second-order valence-corrected chi connectivity index (χ2v) is 7.99. The smallest absolute Gasteiger partial charge is 0.257 e. The number of nitrogens with zero attached hydrogens (tertiary/aromatic N) is 3. The molecule has 0 saturated carbocycles. The van der Waals surface area contributed by atoms with E-state index < -0.39 is 6.29 Å². The maximum Gasteiger partial charge on any atom is 0.257 e. The van der Waals surface area contributed by atoms with Crippen LogP contribution in [0.1, 0.15) is 40.5 Å². The van der Waals surface area contributed by atoms with Gasteiger partial charge in [-0.25, -0.2) is 0 Å². The number of benzene rings is 2. The summed E-state index contributed by atoms with van der Waals surface area (Å²) in [6.45, 7) is 3.53. The van der Waals surface area contributed by atoms with Gasteiger partial charge in [0.15, 0.2) is 12.1 Å². The number of hydrogen-bond acceptors (Lipinski definition) is 6. The summed E-state index contributed by atoms with van der Waals surface area (Å²) in [4.78, 5) is 27.1. The van der Waals surface area contributed by atoms with Crippen molar-refractivity contribution >= 4 is 17.6 Å². The molecule has 1 aliphatic rings. The summed E-state index contributed by atoms with van der Waals surface area (Å²) in [5.74, 6) is 1.49. The van der Waals surface area contributed by atoms with Gasteiger partial charge in [0, 0.05) is 63.1 Å². The van der Waals surface area contributed by atoms with Gasteiger partial charge in [-0.05, 0) is 42.8 Å². The summed E-state index contributed by atoms with van der Waals surface area (Å²) in [5, 5.41) is 6.94. The summed E-state index contributed by atoms with van der Waals surface area (Å²) in [5.41, 5.74) is 0.958. The number of rotatable bonds is 9. The molecule has 0 aliphatic carbocycles. The number of aromatic nitrogens is 2. The summed E-state index contributed by atoms with van der Waals surface area (Å²) in [6, 6.07) is 13.6. The molecule has 0 spiro atoms. The molecule has 9 heteroatoms. The number of ether oxygens (including phenoxy) is 3. The van der Waals surface area contributed by atoms with Gasteiger partial charge < -0.3 is 24.4 Å². The van der Waals surface area contributed by atoms with E-state index in [1.807, 2.05) is 11.8 Å². The summed E-state index contributed by atoms with van der Waals surface area (Å²) >= 11 is 0. The molecular formula is C25H28N4O5. The molecule has 2 amide bonds. The number of likely N-dealkylation sites (tertiary alicyclic amines) is 1. The normalized spacial score (nSPS) is 13.7. The van der Waals surface area contributed by atoms with Crippen LogP contribution in [0.25, 0.3) is 0 Å². The predicted octanol–water partition coefficient (Wildman–Crippen LogP) is 4.07. The molecule has 3 aromatic rings. The lowest BCUT2D eigenvalue weighted by Gasteiger charge is -2.30. The quantitative estimate of drug-likeness (QED) is 0.480. The van der Waals surface area contributed by atoms with E-state index in [4.69, 9.17) is 14.2 Å². The van der Waals surface area contributed by atoms with Crippen LogP contribution >= 0.6 is 0 Å². The average Bonchev–Trinajstić information content (AvgIpc) is 3.21. The predicted molar refractivity (Wildman–Crippen MR) is 126 cm³/mol. The molecule has 1 saturated heterocycles. The number of carbonyl (C=O) groups excluding carboxylic acids is 2. The van der Waals surface area contributed by atoms with E-state index in [-0.39, 0.29) is 11.8 Å². The second-order valence-electron chi connectivity index (χ2n) is 7.99. The van der Waals surface area contributed by atoms with Crippen LogP contribution in [0.15, 0.2) is 54.7 Å². The van der Waals surface area contributed by atoms with Crippen molar-refractivity contribution < 1.29 is 23.8 Å². The molecule has 1 aromatic heterocycles. The first-order chi connectivity index (χ1) is 16.4. The Labute approximate surface area is 198 Å². The molecule has 1 aliphatic heterocycles. The lowest BCUT2D eigenvalue weighted by atomic mass is 10.1. The van der Waals surface area contributed by atoms with E-state index in [2.05, 4.69) is 10.4 Å². The molecule has 2 aromatic carbocycles. The summed E-state index contributed by atoms with van der Waals surface area (Å²) < 4.78 is 18.8. The molecule has 34 heavy (non-hydrogen) atoms. The summed E-state index contributed by atoms with van der Waals surface area (Å²) in [7, 11) is 3.33. The highest BCUT2D eigenvalue weighted by atomic mass is 16.7.